The van der Waals surface area contributed by atoms with Crippen LogP contribution in [-0.4, -0.2) is 50.9 Å². The molecule has 0 aromatic heterocycles. The first-order valence-corrected chi connectivity index (χ1v) is 11.4. The highest BCUT2D eigenvalue weighted by molar-refractivity contribution is 5.91. The lowest BCUT2D eigenvalue weighted by Crippen LogP contribution is -3.00. The van der Waals surface area contributed by atoms with Crippen molar-refractivity contribution in [2.45, 2.75) is 40.5 Å². The quantitative estimate of drug-likeness (QED) is 0.359. The molecule has 2 aromatic carbocycles. The minimum absolute atomic E-state index is 0. The first-order chi connectivity index (χ1) is 14.7. The van der Waals surface area contributed by atoms with E-state index in [0.29, 0.717) is 38.2 Å². The predicted molar refractivity (Wildman–Crippen MR) is 128 cm³/mol. The van der Waals surface area contributed by atoms with Crippen molar-refractivity contribution in [2.24, 2.45) is 11.8 Å². The fourth-order valence-electron chi connectivity index (χ4n) is 3.67. The lowest BCUT2D eigenvalue weighted by Gasteiger charge is -2.28. The van der Waals surface area contributed by atoms with Gasteiger partial charge in [-0.1, -0.05) is 58.0 Å². The van der Waals surface area contributed by atoms with Gasteiger partial charge in [0.25, 0.3) is 0 Å². The number of carbonyl (C=O) groups is 1. The Morgan fingerprint density at radius 2 is 1.50 bits per heavy atom. The van der Waals surface area contributed by atoms with E-state index < -0.39 is 0 Å². The molecule has 0 radical (unpaired) electrons. The summed E-state index contributed by atoms with van der Waals surface area (Å²) >= 11 is 0. The van der Waals surface area contributed by atoms with Gasteiger partial charge in [-0.05, 0) is 54.0 Å². The third kappa shape index (κ3) is 8.93. The van der Waals surface area contributed by atoms with E-state index in [0.717, 1.165) is 24.2 Å². The zero-order chi connectivity index (χ0) is 22.9. The Morgan fingerprint density at radius 1 is 0.844 bits per heavy atom. The highest BCUT2D eigenvalue weighted by atomic mass is 35.5. The molecule has 2 rings (SSSR count). The molecule has 0 aliphatic carbocycles. The normalized spacial score (nSPS) is 11.5. The van der Waals surface area contributed by atoms with Crippen LogP contribution in [0.15, 0.2) is 48.5 Å². The molecule has 5 heteroatoms. The Balaban J connectivity index is 0.00000512. The number of quaternary nitrogens is 1. The molecule has 0 saturated heterocycles. The molecule has 178 valence electrons. The minimum Gasteiger partial charge on any atom is -1.00 e. The topological polar surface area (TPSA) is 35.5 Å². The minimum atomic E-state index is 0. The van der Waals surface area contributed by atoms with Crippen molar-refractivity contribution in [3.05, 3.63) is 65.2 Å². The predicted octanol–water partition coefficient (Wildman–Crippen LogP) is 2.40. The summed E-state index contributed by atoms with van der Waals surface area (Å²) in [4.78, 5) is 13.5. The number of rotatable bonds is 12. The summed E-state index contributed by atoms with van der Waals surface area (Å²) in [6, 6.07) is 15.9. The second kappa shape index (κ2) is 13.6. The van der Waals surface area contributed by atoms with Gasteiger partial charge in [0.05, 0.1) is 32.9 Å². The SMILES string of the molecule is CC(C)Cc1cccc(C(=O)[N+](C)(C)CCOCCOc2ccccc2)c1CC(C)C.[Cl-]. The molecular formula is C27H40ClNO3. The number of likely N-dealkylation sites (N-methyl/N-ethyl adjacent to an activating group) is 1. The number of nitrogens with zero attached hydrogens (tertiary/aromatic N) is 1. The molecule has 0 bridgehead atoms. The van der Waals surface area contributed by atoms with Crippen molar-refractivity contribution in [3.8, 4) is 5.75 Å². The second-order valence-electron chi connectivity index (χ2n) is 9.63. The molecule has 0 aliphatic rings. The maximum atomic E-state index is 13.5. The van der Waals surface area contributed by atoms with Gasteiger partial charge in [-0.15, -0.1) is 0 Å². The summed E-state index contributed by atoms with van der Waals surface area (Å²) in [6.07, 6.45) is 1.93. The van der Waals surface area contributed by atoms with Crippen LogP contribution in [-0.2, 0) is 17.6 Å². The van der Waals surface area contributed by atoms with Gasteiger partial charge in [-0.2, -0.15) is 0 Å². The average Bonchev–Trinajstić information content (AvgIpc) is 2.71. The molecule has 1 amide bonds. The monoisotopic (exact) mass is 461 g/mol. The Bertz CT molecular complexity index is 819. The van der Waals surface area contributed by atoms with Crippen molar-refractivity contribution in [3.63, 3.8) is 0 Å². The van der Waals surface area contributed by atoms with Crippen LogP contribution in [0.3, 0.4) is 0 Å². The van der Waals surface area contributed by atoms with Gasteiger partial charge in [0, 0.05) is 0 Å². The van der Waals surface area contributed by atoms with Gasteiger partial charge in [0.1, 0.15) is 18.9 Å². The zero-order valence-corrected chi connectivity index (χ0v) is 21.3. The second-order valence-corrected chi connectivity index (χ2v) is 9.63. The highest BCUT2D eigenvalue weighted by Gasteiger charge is 2.30. The van der Waals surface area contributed by atoms with Gasteiger partial charge in [0.15, 0.2) is 0 Å². The van der Waals surface area contributed by atoms with Crippen LogP contribution in [0.2, 0.25) is 0 Å². The van der Waals surface area contributed by atoms with Crippen molar-refractivity contribution in [1.29, 1.82) is 0 Å². The molecule has 0 spiro atoms. The molecule has 32 heavy (non-hydrogen) atoms. The first kappa shape index (κ1) is 28.2. The van der Waals surface area contributed by atoms with Crippen LogP contribution >= 0.6 is 0 Å². The number of halogens is 1. The standard InChI is InChI=1S/C27H40NO3.ClH/c1-21(2)19-23-11-10-14-25(26(23)20-22(3)4)27(29)28(5,6)15-16-30-17-18-31-24-12-8-7-9-13-24;/h7-14,21-22H,15-20H2,1-6H3;1H/q+1;/p-1. The maximum absolute atomic E-state index is 13.5. The van der Waals surface area contributed by atoms with Crippen LogP contribution in [0.5, 0.6) is 5.75 Å². The summed E-state index contributed by atoms with van der Waals surface area (Å²) in [5, 5.41) is 0. The van der Waals surface area contributed by atoms with Crippen LogP contribution < -0.4 is 17.1 Å². The smallest absolute Gasteiger partial charge is 0.345 e. The molecule has 0 heterocycles. The lowest BCUT2D eigenvalue weighted by atomic mass is 9.88. The highest BCUT2D eigenvalue weighted by Crippen LogP contribution is 2.24. The van der Waals surface area contributed by atoms with E-state index in [-0.39, 0.29) is 22.8 Å². The van der Waals surface area contributed by atoms with Gasteiger partial charge in [0.2, 0.25) is 0 Å². The van der Waals surface area contributed by atoms with Crippen molar-refractivity contribution >= 4 is 5.91 Å². The molecule has 0 atom stereocenters. The Labute approximate surface area is 200 Å². The van der Waals surface area contributed by atoms with Gasteiger partial charge < -0.3 is 21.9 Å². The number of hydrogen-bond donors (Lipinski definition) is 0. The Morgan fingerprint density at radius 3 is 2.12 bits per heavy atom. The van der Waals surface area contributed by atoms with Crippen molar-refractivity contribution in [2.75, 3.05) is 40.5 Å². The summed E-state index contributed by atoms with van der Waals surface area (Å²) < 4.78 is 11.7. The third-order valence-corrected chi connectivity index (χ3v) is 5.33. The number of hydrogen-bond acceptors (Lipinski definition) is 3. The van der Waals surface area contributed by atoms with Crippen LogP contribution in [0, 0.1) is 11.8 Å². The number of carbonyl (C=O) groups excluding carboxylic acids is 1. The van der Waals surface area contributed by atoms with Crippen LogP contribution in [0.25, 0.3) is 0 Å². The zero-order valence-electron chi connectivity index (χ0n) is 20.6. The van der Waals surface area contributed by atoms with E-state index in [1.165, 1.54) is 11.1 Å². The van der Waals surface area contributed by atoms with Crippen LogP contribution in [0.4, 0.5) is 0 Å². The van der Waals surface area contributed by atoms with Gasteiger partial charge in [-0.3, -0.25) is 4.48 Å². The number of para-hydroxylation sites is 1. The molecule has 2 aromatic rings. The molecule has 0 N–H and O–H groups in total. The summed E-state index contributed by atoms with van der Waals surface area (Å²) in [5.41, 5.74) is 3.40. The van der Waals surface area contributed by atoms with Crippen molar-refractivity contribution in [1.82, 2.24) is 0 Å². The Kier molecular flexibility index (Phi) is 12.0. The fourth-order valence-corrected chi connectivity index (χ4v) is 3.67. The van der Waals surface area contributed by atoms with E-state index >= 15 is 0 Å². The summed E-state index contributed by atoms with van der Waals surface area (Å²) in [6.45, 7) is 11.0. The lowest BCUT2D eigenvalue weighted by molar-refractivity contribution is -0.808. The molecule has 0 saturated carbocycles. The Hall–Kier alpha value is -1.88. The van der Waals surface area contributed by atoms with Crippen molar-refractivity contribution < 1.29 is 31.2 Å². The third-order valence-electron chi connectivity index (χ3n) is 5.33. The molecule has 0 fully saturated rings. The van der Waals surface area contributed by atoms with E-state index in [4.69, 9.17) is 9.47 Å². The fraction of sp³-hybridized carbons (Fsp3) is 0.519. The molecule has 4 nitrogen and oxygen atoms in total. The van der Waals surface area contributed by atoms with E-state index in [1.54, 1.807) is 0 Å². The van der Waals surface area contributed by atoms with E-state index in [9.17, 15) is 4.79 Å². The summed E-state index contributed by atoms with van der Waals surface area (Å²) in [5.74, 6) is 2.07. The first-order valence-electron chi connectivity index (χ1n) is 11.4. The molecular weight excluding hydrogens is 422 g/mol. The number of benzene rings is 2. The van der Waals surface area contributed by atoms with Crippen LogP contribution in [0.1, 0.15) is 49.2 Å². The average molecular weight is 462 g/mol. The molecule has 0 aliphatic heterocycles. The van der Waals surface area contributed by atoms with E-state index in [1.807, 2.05) is 56.6 Å². The number of amides is 1. The van der Waals surface area contributed by atoms with Gasteiger partial charge >= 0.3 is 5.91 Å². The molecule has 0 unspecified atom stereocenters. The maximum Gasteiger partial charge on any atom is 0.345 e. The van der Waals surface area contributed by atoms with E-state index in [2.05, 4.69) is 33.8 Å². The summed E-state index contributed by atoms with van der Waals surface area (Å²) in [7, 11) is 3.95. The number of ether oxygens (including phenoxy) is 2. The van der Waals surface area contributed by atoms with Gasteiger partial charge in [-0.25, -0.2) is 4.79 Å². The largest absolute Gasteiger partial charge is 1.00 e.